The minimum Gasteiger partial charge on any atom is -0.496 e. The summed E-state index contributed by atoms with van der Waals surface area (Å²) in [5.74, 6) is 1.61. The second kappa shape index (κ2) is 7.25. The molecule has 0 saturated carbocycles. The first-order valence-corrected chi connectivity index (χ1v) is 8.04. The number of para-hydroxylation sites is 1. The van der Waals surface area contributed by atoms with Crippen molar-refractivity contribution >= 4 is 11.6 Å². The Morgan fingerprint density at radius 3 is 3.00 bits per heavy atom. The Morgan fingerprint density at radius 2 is 2.17 bits per heavy atom. The molecule has 1 amide bonds. The zero-order valence-electron chi connectivity index (χ0n) is 14.0. The fraction of sp³-hybridized carbons (Fsp3) is 0.316. The van der Waals surface area contributed by atoms with Crippen LogP contribution in [0.25, 0.3) is 0 Å². The van der Waals surface area contributed by atoms with E-state index in [2.05, 4.69) is 10.6 Å². The third kappa shape index (κ3) is 3.79. The molecule has 0 aliphatic carbocycles. The quantitative estimate of drug-likeness (QED) is 0.887. The molecule has 5 heteroatoms. The fourth-order valence-corrected chi connectivity index (χ4v) is 2.77. The molecule has 0 spiro atoms. The summed E-state index contributed by atoms with van der Waals surface area (Å²) < 4.78 is 11.0. The topological polar surface area (TPSA) is 59.6 Å². The number of nitrogens with one attached hydrogen (secondary N) is 2. The molecule has 5 nitrogen and oxygen atoms in total. The van der Waals surface area contributed by atoms with Gasteiger partial charge >= 0.3 is 0 Å². The summed E-state index contributed by atoms with van der Waals surface area (Å²) in [6, 6.07) is 13.7. The van der Waals surface area contributed by atoms with Crippen molar-refractivity contribution in [3.8, 4) is 11.5 Å². The number of fused-ring (bicyclic) bond motifs is 1. The molecule has 0 unspecified atom stereocenters. The highest BCUT2D eigenvalue weighted by molar-refractivity contribution is 5.77. The highest BCUT2D eigenvalue weighted by Gasteiger charge is 2.21. The van der Waals surface area contributed by atoms with E-state index in [1.165, 1.54) is 0 Å². The van der Waals surface area contributed by atoms with Gasteiger partial charge in [0.15, 0.2) is 0 Å². The Balaban J connectivity index is 1.53. The number of ether oxygens (including phenoxy) is 2. The van der Waals surface area contributed by atoms with Crippen LogP contribution in [0.15, 0.2) is 42.5 Å². The Bertz CT molecular complexity index is 730. The van der Waals surface area contributed by atoms with E-state index >= 15 is 0 Å². The Labute approximate surface area is 142 Å². The molecule has 1 aliphatic heterocycles. The number of carbonyl (C=O) groups is 1. The molecule has 1 aliphatic rings. The lowest BCUT2D eigenvalue weighted by atomic mass is 10.1. The first-order chi connectivity index (χ1) is 11.7. The van der Waals surface area contributed by atoms with E-state index < -0.39 is 0 Å². The lowest BCUT2D eigenvalue weighted by molar-refractivity contribution is -0.121. The van der Waals surface area contributed by atoms with Crippen LogP contribution >= 0.6 is 0 Å². The van der Waals surface area contributed by atoms with Crippen molar-refractivity contribution in [2.24, 2.45) is 0 Å². The molecule has 2 aromatic rings. The van der Waals surface area contributed by atoms with Crippen molar-refractivity contribution in [1.82, 2.24) is 5.32 Å². The number of hydrogen-bond donors (Lipinski definition) is 2. The standard InChI is InChI=1S/C19H22N2O3/c1-13-7-8-16-18(9-13)24-12-15(21-16)10-19(22)20-11-14-5-3-4-6-17(14)23-2/h3-9,15,21H,10-12H2,1-2H3,(H,20,22)/t15-/m1/s1. The van der Waals surface area contributed by atoms with E-state index in [-0.39, 0.29) is 11.9 Å². The molecule has 2 aromatic carbocycles. The third-order valence-corrected chi connectivity index (χ3v) is 4.04. The molecule has 24 heavy (non-hydrogen) atoms. The summed E-state index contributed by atoms with van der Waals surface area (Å²) in [5.41, 5.74) is 3.06. The summed E-state index contributed by atoms with van der Waals surface area (Å²) in [5, 5.41) is 6.30. The van der Waals surface area contributed by atoms with Crippen LogP contribution < -0.4 is 20.1 Å². The second-order valence-corrected chi connectivity index (χ2v) is 5.94. The van der Waals surface area contributed by atoms with E-state index in [1.807, 2.05) is 49.4 Å². The molecule has 2 N–H and O–H groups in total. The maximum absolute atomic E-state index is 12.2. The number of methoxy groups -OCH3 is 1. The number of anilines is 1. The summed E-state index contributed by atoms with van der Waals surface area (Å²) in [4.78, 5) is 12.2. The van der Waals surface area contributed by atoms with E-state index in [0.29, 0.717) is 19.6 Å². The Kier molecular flexibility index (Phi) is 4.89. The van der Waals surface area contributed by atoms with Gasteiger partial charge in [-0.3, -0.25) is 4.79 Å². The lowest BCUT2D eigenvalue weighted by Crippen LogP contribution is -2.37. The van der Waals surface area contributed by atoms with Crippen LogP contribution in [0.4, 0.5) is 5.69 Å². The molecule has 0 fully saturated rings. The summed E-state index contributed by atoms with van der Waals surface area (Å²) in [7, 11) is 1.63. The fourth-order valence-electron chi connectivity index (χ4n) is 2.77. The maximum Gasteiger partial charge on any atom is 0.222 e. The van der Waals surface area contributed by atoms with Gasteiger partial charge in [-0.2, -0.15) is 0 Å². The molecule has 126 valence electrons. The molecule has 0 aromatic heterocycles. The summed E-state index contributed by atoms with van der Waals surface area (Å²) in [6.45, 7) is 2.96. The van der Waals surface area contributed by atoms with E-state index in [0.717, 1.165) is 28.3 Å². The summed E-state index contributed by atoms with van der Waals surface area (Å²) >= 11 is 0. The van der Waals surface area contributed by atoms with Gasteiger partial charge in [0.05, 0.1) is 25.3 Å². The zero-order chi connectivity index (χ0) is 16.9. The third-order valence-electron chi connectivity index (χ3n) is 4.04. The van der Waals surface area contributed by atoms with Gasteiger partial charge in [-0.25, -0.2) is 0 Å². The average molecular weight is 326 g/mol. The van der Waals surface area contributed by atoms with E-state index in [4.69, 9.17) is 9.47 Å². The zero-order valence-corrected chi connectivity index (χ0v) is 14.0. The number of benzene rings is 2. The first kappa shape index (κ1) is 16.2. The number of aryl methyl sites for hydroxylation is 1. The first-order valence-electron chi connectivity index (χ1n) is 8.04. The Hall–Kier alpha value is -2.69. The van der Waals surface area contributed by atoms with Crippen LogP contribution in [0, 0.1) is 6.92 Å². The minimum absolute atomic E-state index is 0.0161. The monoisotopic (exact) mass is 326 g/mol. The number of hydrogen-bond acceptors (Lipinski definition) is 4. The van der Waals surface area contributed by atoms with Crippen LogP contribution in [0.2, 0.25) is 0 Å². The van der Waals surface area contributed by atoms with Crippen molar-refractivity contribution in [2.45, 2.75) is 25.9 Å². The van der Waals surface area contributed by atoms with Gasteiger partial charge in [0.25, 0.3) is 0 Å². The van der Waals surface area contributed by atoms with Crippen molar-refractivity contribution < 1.29 is 14.3 Å². The predicted molar refractivity (Wildman–Crippen MR) is 93.5 cm³/mol. The van der Waals surface area contributed by atoms with Crippen molar-refractivity contribution in [1.29, 1.82) is 0 Å². The van der Waals surface area contributed by atoms with E-state index in [1.54, 1.807) is 7.11 Å². The largest absolute Gasteiger partial charge is 0.496 e. The van der Waals surface area contributed by atoms with Crippen molar-refractivity contribution in [2.75, 3.05) is 19.0 Å². The van der Waals surface area contributed by atoms with Gasteiger partial charge in [0.1, 0.15) is 18.1 Å². The smallest absolute Gasteiger partial charge is 0.222 e. The highest BCUT2D eigenvalue weighted by Crippen LogP contribution is 2.30. The highest BCUT2D eigenvalue weighted by atomic mass is 16.5. The van der Waals surface area contributed by atoms with Gasteiger partial charge in [-0.05, 0) is 30.7 Å². The van der Waals surface area contributed by atoms with Gasteiger partial charge in [0, 0.05) is 12.1 Å². The summed E-state index contributed by atoms with van der Waals surface area (Å²) in [6.07, 6.45) is 0.364. The van der Waals surface area contributed by atoms with Gasteiger partial charge < -0.3 is 20.1 Å². The van der Waals surface area contributed by atoms with Gasteiger partial charge in [0.2, 0.25) is 5.91 Å². The lowest BCUT2D eigenvalue weighted by Gasteiger charge is -2.27. The van der Waals surface area contributed by atoms with Crippen LogP contribution in [0.5, 0.6) is 11.5 Å². The molecule has 3 rings (SSSR count). The second-order valence-electron chi connectivity index (χ2n) is 5.94. The molecule has 0 radical (unpaired) electrons. The SMILES string of the molecule is COc1ccccc1CNC(=O)C[C@@H]1COc2cc(C)ccc2N1. The minimum atomic E-state index is -0.0297. The average Bonchev–Trinajstić information content (AvgIpc) is 2.60. The molecule has 0 saturated heterocycles. The van der Waals surface area contributed by atoms with Crippen LogP contribution in [-0.4, -0.2) is 25.7 Å². The molecule has 1 atom stereocenters. The van der Waals surface area contributed by atoms with Crippen LogP contribution in [0.1, 0.15) is 17.5 Å². The maximum atomic E-state index is 12.2. The van der Waals surface area contributed by atoms with Gasteiger partial charge in [-0.15, -0.1) is 0 Å². The molecular weight excluding hydrogens is 304 g/mol. The Morgan fingerprint density at radius 1 is 1.33 bits per heavy atom. The predicted octanol–water partition coefficient (Wildman–Crippen LogP) is 2.88. The normalized spacial score (nSPS) is 15.7. The number of amides is 1. The van der Waals surface area contributed by atoms with E-state index in [9.17, 15) is 4.79 Å². The molecule has 0 bridgehead atoms. The molecule has 1 heterocycles. The van der Waals surface area contributed by atoms with Gasteiger partial charge in [-0.1, -0.05) is 24.3 Å². The van der Waals surface area contributed by atoms with Crippen molar-refractivity contribution in [3.05, 3.63) is 53.6 Å². The molecular formula is C19H22N2O3. The van der Waals surface area contributed by atoms with Crippen LogP contribution in [-0.2, 0) is 11.3 Å². The number of rotatable bonds is 5. The number of carbonyl (C=O) groups excluding carboxylic acids is 1. The van der Waals surface area contributed by atoms with Crippen molar-refractivity contribution in [3.63, 3.8) is 0 Å². The van der Waals surface area contributed by atoms with Crippen LogP contribution in [0.3, 0.4) is 0 Å².